The second-order valence-corrected chi connectivity index (χ2v) is 11.4. The van der Waals surface area contributed by atoms with Gasteiger partial charge in [-0.1, -0.05) is 75.4 Å². The van der Waals surface area contributed by atoms with Gasteiger partial charge in [0.1, 0.15) is 0 Å². The minimum absolute atomic E-state index is 0.148. The lowest BCUT2D eigenvalue weighted by Crippen LogP contribution is -2.47. The zero-order chi connectivity index (χ0) is 14.8. The van der Waals surface area contributed by atoms with Crippen molar-refractivity contribution in [3.8, 4) is 0 Å². The molecule has 0 aromatic heterocycles. The molecular formula is C18H26OSi. The number of benzene rings is 1. The first-order valence-electron chi connectivity index (χ1n) is 7.42. The van der Waals surface area contributed by atoms with E-state index in [-0.39, 0.29) is 11.1 Å². The largest absolute Gasteiger partial charge is 0.409 e. The first-order valence-corrected chi connectivity index (χ1v) is 9.91. The van der Waals surface area contributed by atoms with Gasteiger partial charge in [-0.15, -0.1) is 0 Å². The fourth-order valence-electron chi connectivity index (χ4n) is 2.71. The van der Waals surface area contributed by atoms with Crippen molar-refractivity contribution in [3.63, 3.8) is 0 Å². The van der Waals surface area contributed by atoms with E-state index in [2.05, 4.69) is 88.9 Å². The Morgan fingerprint density at radius 1 is 1.05 bits per heavy atom. The van der Waals surface area contributed by atoms with Crippen LogP contribution in [0.2, 0.25) is 17.1 Å². The van der Waals surface area contributed by atoms with Gasteiger partial charge in [0, 0.05) is 5.54 Å². The Labute approximate surface area is 124 Å². The van der Waals surface area contributed by atoms with Crippen LogP contribution in [0.4, 0.5) is 0 Å². The second kappa shape index (κ2) is 5.70. The molecule has 2 unspecified atom stereocenters. The van der Waals surface area contributed by atoms with E-state index in [0.717, 1.165) is 0 Å². The Balaban J connectivity index is 2.25. The highest BCUT2D eigenvalue weighted by Gasteiger charge is 2.48. The molecule has 1 aliphatic rings. The number of allylic oxidation sites excluding steroid dienone is 4. The molecule has 0 heterocycles. The maximum absolute atomic E-state index is 6.71. The van der Waals surface area contributed by atoms with Crippen LogP contribution in [0.1, 0.15) is 39.4 Å². The van der Waals surface area contributed by atoms with Crippen LogP contribution in [0, 0.1) is 0 Å². The van der Waals surface area contributed by atoms with E-state index in [4.69, 9.17) is 4.43 Å². The smallest absolute Gasteiger partial charge is 0.206 e. The van der Waals surface area contributed by atoms with Gasteiger partial charge in [0.2, 0.25) is 8.32 Å². The van der Waals surface area contributed by atoms with Gasteiger partial charge >= 0.3 is 0 Å². The Morgan fingerprint density at radius 3 is 2.10 bits per heavy atom. The van der Waals surface area contributed by atoms with E-state index in [9.17, 15) is 0 Å². The van der Waals surface area contributed by atoms with Crippen molar-refractivity contribution in [2.45, 2.75) is 50.9 Å². The number of rotatable bonds is 4. The van der Waals surface area contributed by atoms with Crippen LogP contribution in [0.15, 0.2) is 54.6 Å². The monoisotopic (exact) mass is 286 g/mol. The molecule has 0 bridgehead atoms. The van der Waals surface area contributed by atoms with Crippen LogP contribution in [-0.2, 0) is 4.43 Å². The predicted molar refractivity (Wildman–Crippen MR) is 89.3 cm³/mol. The van der Waals surface area contributed by atoms with Gasteiger partial charge < -0.3 is 4.43 Å². The van der Waals surface area contributed by atoms with Crippen molar-refractivity contribution >= 4 is 8.32 Å². The van der Waals surface area contributed by atoms with E-state index in [0.29, 0.717) is 5.54 Å². The molecule has 1 nitrogen and oxygen atoms in total. The normalized spacial score (nSPS) is 20.1. The topological polar surface area (TPSA) is 9.23 Å². The Bertz CT molecular complexity index is 486. The Morgan fingerprint density at radius 2 is 1.60 bits per heavy atom. The zero-order valence-corrected chi connectivity index (χ0v) is 14.3. The van der Waals surface area contributed by atoms with Crippen LogP contribution in [0.5, 0.6) is 0 Å². The first-order chi connectivity index (χ1) is 9.34. The molecule has 1 aliphatic carbocycles. The summed E-state index contributed by atoms with van der Waals surface area (Å²) in [6.07, 6.45) is 9.05. The summed E-state index contributed by atoms with van der Waals surface area (Å²) in [7, 11) is -1.94. The molecule has 0 radical (unpaired) electrons. The van der Waals surface area contributed by atoms with Gasteiger partial charge in [-0.2, -0.15) is 0 Å². The standard InChI is InChI=1S/C18H26OSi/c1-15(16-11-7-6-8-12-16)19-20(5,18(2,3)4)17-13-9-10-14-17/h6-15,17H,1-5H3. The third kappa shape index (κ3) is 2.97. The molecule has 2 rings (SSSR count). The summed E-state index contributed by atoms with van der Waals surface area (Å²) in [6.45, 7) is 11.5. The van der Waals surface area contributed by atoms with E-state index in [1.807, 2.05) is 0 Å². The van der Waals surface area contributed by atoms with Crippen molar-refractivity contribution in [1.82, 2.24) is 0 Å². The maximum Gasteiger partial charge on any atom is 0.206 e. The molecule has 0 saturated heterocycles. The average molecular weight is 286 g/mol. The van der Waals surface area contributed by atoms with E-state index in [1.165, 1.54) is 5.56 Å². The molecule has 2 heteroatoms. The van der Waals surface area contributed by atoms with Gasteiger partial charge in [-0.25, -0.2) is 0 Å². The minimum atomic E-state index is -1.94. The fraction of sp³-hybridized carbons (Fsp3) is 0.444. The van der Waals surface area contributed by atoms with E-state index >= 15 is 0 Å². The third-order valence-corrected chi connectivity index (χ3v) is 10.0. The molecule has 20 heavy (non-hydrogen) atoms. The maximum atomic E-state index is 6.71. The molecule has 0 amide bonds. The van der Waals surface area contributed by atoms with Crippen molar-refractivity contribution in [2.24, 2.45) is 0 Å². The molecule has 0 spiro atoms. The lowest BCUT2D eigenvalue weighted by atomic mass is 10.1. The zero-order valence-electron chi connectivity index (χ0n) is 13.3. The highest BCUT2D eigenvalue weighted by molar-refractivity contribution is 6.77. The highest BCUT2D eigenvalue weighted by atomic mass is 28.4. The summed E-state index contributed by atoms with van der Waals surface area (Å²) in [6, 6.07) is 10.5. The van der Waals surface area contributed by atoms with Gasteiger partial charge in [0.05, 0.1) is 6.10 Å². The Hall–Kier alpha value is -1.12. The van der Waals surface area contributed by atoms with E-state index in [1.54, 1.807) is 0 Å². The number of hydrogen-bond donors (Lipinski definition) is 0. The lowest BCUT2D eigenvalue weighted by molar-refractivity contribution is 0.197. The van der Waals surface area contributed by atoms with Crippen molar-refractivity contribution in [3.05, 3.63) is 60.2 Å². The SMILES string of the molecule is CC(O[Si](C)(C1C=CC=C1)C(C)(C)C)c1ccccc1. The summed E-state index contributed by atoms with van der Waals surface area (Å²) in [5.74, 6) is 0. The minimum Gasteiger partial charge on any atom is -0.409 e. The highest BCUT2D eigenvalue weighted by Crippen LogP contribution is 2.48. The summed E-state index contributed by atoms with van der Waals surface area (Å²) in [5, 5.41) is 0.194. The molecule has 0 saturated carbocycles. The molecule has 0 fully saturated rings. The molecule has 1 aromatic rings. The quantitative estimate of drug-likeness (QED) is 0.651. The average Bonchev–Trinajstić information content (AvgIpc) is 2.92. The molecular weight excluding hydrogens is 260 g/mol. The fourth-order valence-corrected chi connectivity index (χ4v) is 6.05. The van der Waals surface area contributed by atoms with Crippen LogP contribution >= 0.6 is 0 Å². The molecule has 1 aromatic carbocycles. The summed E-state index contributed by atoms with van der Waals surface area (Å²) in [5.41, 5.74) is 1.73. The van der Waals surface area contributed by atoms with Crippen LogP contribution in [0.25, 0.3) is 0 Å². The summed E-state index contributed by atoms with van der Waals surface area (Å²) < 4.78 is 6.71. The van der Waals surface area contributed by atoms with Crippen LogP contribution in [0.3, 0.4) is 0 Å². The molecule has 2 atom stereocenters. The number of hydrogen-bond acceptors (Lipinski definition) is 1. The first kappa shape index (κ1) is 15.3. The third-order valence-electron chi connectivity index (χ3n) is 4.56. The van der Waals surface area contributed by atoms with Gasteiger partial charge in [0.15, 0.2) is 0 Å². The Kier molecular flexibility index (Phi) is 4.36. The van der Waals surface area contributed by atoms with E-state index < -0.39 is 8.32 Å². The van der Waals surface area contributed by atoms with Gasteiger partial charge in [-0.3, -0.25) is 0 Å². The van der Waals surface area contributed by atoms with Crippen molar-refractivity contribution in [1.29, 1.82) is 0 Å². The molecule has 0 N–H and O–H groups in total. The van der Waals surface area contributed by atoms with Crippen LogP contribution in [-0.4, -0.2) is 8.32 Å². The van der Waals surface area contributed by atoms with Crippen molar-refractivity contribution < 1.29 is 4.43 Å². The van der Waals surface area contributed by atoms with Gasteiger partial charge in [-0.05, 0) is 24.1 Å². The summed E-state index contributed by atoms with van der Waals surface area (Å²) in [4.78, 5) is 0. The van der Waals surface area contributed by atoms with Gasteiger partial charge in [0.25, 0.3) is 0 Å². The predicted octanol–water partition coefficient (Wildman–Crippen LogP) is 5.64. The van der Waals surface area contributed by atoms with Crippen LogP contribution < -0.4 is 0 Å². The molecule has 0 aliphatic heterocycles. The molecule has 108 valence electrons. The van der Waals surface area contributed by atoms with Crippen molar-refractivity contribution in [2.75, 3.05) is 0 Å². The lowest BCUT2D eigenvalue weighted by Gasteiger charge is -2.44. The second-order valence-electron chi connectivity index (χ2n) is 6.82. The summed E-state index contributed by atoms with van der Waals surface area (Å²) >= 11 is 0.